The van der Waals surface area contributed by atoms with E-state index in [0.29, 0.717) is 13.0 Å². The molecule has 1 fully saturated rings. The minimum atomic E-state index is -1.98. The van der Waals surface area contributed by atoms with Crippen LogP contribution >= 0.6 is 0 Å². The zero-order valence-electron chi connectivity index (χ0n) is 16.7. The molecule has 0 radical (unpaired) electrons. The highest BCUT2D eigenvalue weighted by molar-refractivity contribution is 6.12. The van der Waals surface area contributed by atoms with Gasteiger partial charge in [0.1, 0.15) is 24.4 Å². The van der Waals surface area contributed by atoms with Crippen molar-refractivity contribution in [1.29, 1.82) is 0 Å². The molecule has 2 amide bonds. The maximum Gasteiger partial charge on any atom is 0.253 e. The van der Waals surface area contributed by atoms with E-state index in [2.05, 4.69) is 0 Å². The molecule has 2 aliphatic heterocycles. The summed E-state index contributed by atoms with van der Waals surface area (Å²) in [4.78, 5) is 24.1. The standard InChI is InChI=1S/C20H33NO8/c22-13-14-17(25)18(26)19(27)20(28,29-14)11-7-5-3-1-2-4-6-8-12-21-15(23)9-10-16(21)24/h9-10,14,17-19,22,25-28H,1-8,11-13H2/t14-,17-,18+,19-,20+/m1/s1. The molecule has 0 aromatic carbocycles. The molecule has 166 valence electrons. The molecule has 5 N–H and O–H groups in total. The number of hydrogen-bond donors (Lipinski definition) is 5. The molecule has 0 saturated carbocycles. The minimum absolute atomic E-state index is 0.0976. The summed E-state index contributed by atoms with van der Waals surface area (Å²) in [7, 11) is 0. The van der Waals surface area contributed by atoms with Crippen LogP contribution in [0.15, 0.2) is 12.2 Å². The molecule has 0 aromatic heterocycles. The van der Waals surface area contributed by atoms with Crippen LogP contribution in [0.5, 0.6) is 0 Å². The van der Waals surface area contributed by atoms with E-state index in [-0.39, 0.29) is 18.2 Å². The molecular formula is C20H33NO8. The van der Waals surface area contributed by atoms with Gasteiger partial charge in [-0.05, 0) is 12.8 Å². The first-order valence-electron chi connectivity index (χ1n) is 10.4. The fraction of sp³-hybridized carbons (Fsp3) is 0.800. The van der Waals surface area contributed by atoms with Gasteiger partial charge in [-0.15, -0.1) is 0 Å². The van der Waals surface area contributed by atoms with Gasteiger partial charge in [-0.1, -0.05) is 38.5 Å². The smallest absolute Gasteiger partial charge is 0.253 e. The molecule has 1 saturated heterocycles. The van der Waals surface area contributed by atoms with Crippen LogP contribution < -0.4 is 0 Å². The van der Waals surface area contributed by atoms with Crippen molar-refractivity contribution in [3.8, 4) is 0 Å². The van der Waals surface area contributed by atoms with E-state index in [9.17, 15) is 35.1 Å². The number of ether oxygens (including phenoxy) is 1. The average molecular weight is 415 g/mol. The summed E-state index contributed by atoms with van der Waals surface area (Å²) in [6, 6.07) is 0. The third-order valence-electron chi connectivity index (χ3n) is 5.62. The highest BCUT2D eigenvalue weighted by Crippen LogP contribution is 2.32. The van der Waals surface area contributed by atoms with Gasteiger partial charge in [-0.2, -0.15) is 0 Å². The van der Waals surface area contributed by atoms with Gasteiger partial charge in [0.05, 0.1) is 6.61 Å². The Bertz CT molecular complexity index is 563. The van der Waals surface area contributed by atoms with Gasteiger partial charge >= 0.3 is 0 Å². The molecule has 0 aromatic rings. The Hall–Kier alpha value is -1.36. The summed E-state index contributed by atoms with van der Waals surface area (Å²) in [6.07, 6.45) is 3.99. The Morgan fingerprint density at radius 3 is 1.93 bits per heavy atom. The highest BCUT2D eigenvalue weighted by atomic mass is 16.7. The Morgan fingerprint density at radius 2 is 1.38 bits per heavy atom. The first kappa shape index (κ1) is 23.9. The van der Waals surface area contributed by atoms with Crippen LogP contribution in [0.2, 0.25) is 0 Å². The number of carbonyl (C=O) groups is 2. The number of rotatable bonds is 12. The Labute approximate surface area is 170 Å². The predicted molar refractivity (Wildman–Crippen MR) is 102 cm³/mol. The number of amides is 2. The fourth-order valence-corrected chi connectivity index (χ4v) is 3.79. The molecule has 9 heteroatoms. The molecule has 29 heavy (non-hydrogen) atoms. The summed E-state index contributed by atoms with van der Waals surface area (Å²) in [5.41, 5.74) is 0. The number of carbonyl (C=O) groups excluding carboxylic acids is 2. The summed E-state index contributed by atoms with van der Waals surface area (Å²) in [5, 5.41) is 49.2. The quantitative estimate of drug-likeness (QED) is 0.213. The van der Waals surface area contributed by atoms with E-state index in [0.717, 1.165) is 44.9 Å². The van der Waals surface area contributed by atoms with E-state index in [1.807, 2.05) is 0 Å². The Morgan fingerprint density at radius 1 is 0.862 bits per heavy atom. The van der Waals surface area contributed by atoms with Crippen LogP contribution in [0.1, 0.15) is 57.8 Å². The van der Waals surface area contributed by atoms with Crippen molar-refractivity contribution in [2.45, 2.75) is 88.0 Å². The molecule has 0 unspecified atom stereocenters. The molecule has 2 aliphatic rings. The number of hydrogen-bond acceptors (Lipinski definition) is 8. The molecule has 2 heterocycles. The lowest BCUT2D eigenvalue weighted by Crippen LogP contribution is -2.65. The van der Waals surface area contributed by atoms with Gasteiger partial charge in [0.15, 0.2) is 5.79 Å². The van der Waals surface area contributed by atoms with Crippen molar-refractivity contribution in [2.24, 2.45) is 0 Å². The van der Waals surface area contributed by atoms with Crippen LogP contribution in [-0.4, -0.2) is 85.6 Å². The summed E-state index contributed by atoms with van der Waals surface area (Å²) >= 11 is 0. The first-order valence-corrected chi connectivity index (χ1v) is 10.4. The van der Waals surface area contributed by atoms with Crippen LogP contribution in [0, 0.1) is 0 Å². The maximum absolute atomic E-state index is 11.4. The topological polar surface area (TPSA) is 148 Å². The van der Waals surface area contributed by atoms with Crippen molar-refractivity contribution in [3.05, 3.63) is 12.2 Å². The van der Waals surface area contributed by atoms with Crippen molar-refractivity contribution in [3.63, 3.8) is 0 Å². The highest BCUT2D eigenvalue weighted by Gasteiger charge is 2.51. The first-order chi connectivity index (χ1) is 13.8. The molecule has 9 nitrogen and oxygen atoms in total. The molecule has 5 atom stereocenters. The van der Waals surface area contributed by atoms with Gasteiger partial charge in [0.2, 0.25) is 0 Å². The van der Waals surface area contributed by atoms with Crippen LogP contribution in [-0.2, 0) is 14.3 Å². The molecule has 0 bridgehead atoms. The number of aliphatic hydroxyl groups is 5. The average Bonchev–Trinajstić information content (AvgIpc) is 3.02. The van der Waals surface area contributed by atoms with Crippen molar-refractivity contribution in [2.75, 3.05) is 13.2 Å². The molecular weight excluding hydrogens is 382 g/mol. The minimum Gasteiger partial charge on any atom is -0.394 e. The van der Waals surface area contributed by atoms with E-state index in [1.165, 1.54) is 17.1 Å². The van der Waals surface area contributed by atoms with Crippen LogP contribution in [0.3, 0.4) is 0 Å². The van der Waals surface area contributed by atoms with Gasteiger partial charge < -0.3 is 30.3 Å². The number of aliphatic hydroxyl groups excluding tert-OH is 4. The summed E-state index contributed by atoms with van der Waals surface area (Å²) in [6.45, 7) is -0.106. The normalized spacial score (nSPS) is 32.4. The second kappa shape index (κ2) is 11.1. The van der Waals surface area contributed by atoms with Crippen molar-refractivity contribution < 1.29 is 39.9 Å². The monoisotopic (exact) mass is 415 g/mol. The fourth-order valence-electron chi connectivity index (χ4n) is 3.79. The van der Waals surface area contributed by atoms with Crippen molar-refractivity contribution >= 4 is 11.8 Å². The predicted octanol–water partition coefficient (Wildman–Crippen LogP) is -0.415. The second-order valence-corrected chi connectivity index (χ2v) is 7.85. The maximum atomic E-state index is 11.4. The summed E-state index contributed by atoms with van der Waals surface area (Å²) < 4.78 is 5.24. The van der Waals surface area contributed by atoms with Gasteiger partial charge in [0, 0.05) is 25.1 Å². The van der Waals surface area contributed by atoms with Gasteiger partial charge in [-0.3, -0.25) is 14.5 Å². The lowest BCUT2D eigenvalue weighted by Gasteiger charge is -2.45. The Balaban J connectivity index is 1.52. The van der Waals surface area contributed by atoms with Crippen LogP contribution in [0.25, 0.3) is 0 Å². The van der Waals surface area contributed by atoms with Gasteiger partial charge in [-0.25, -0.2) is 0 Å². The molecule has 0 spiro atoms. The molecule has 2 rings (SSSR count). The van der Waals surface area contributed by atoms with Gasteiger partial charge in [0.25, 0.3) is 11.8 Å². The van der Waals surface area contributed by atoms with E-state index < -0.39 is 36.8 Å². The Kier molecular flexibility index (Phi) is 9.19. The number of nitrogens with zero attached hydrogens (tertiary/aromatic N) is 1. The van der Waals surface area contributed by atoms with Crippen LogP contribution in [0.4, 0.5) is 0 Å². The van der Waals surface area contributed by atoms with E-state index in [4.69, 9.17) is 4.74 Å². The third kappa shape index (κ3) is 6.31. The zero-order chi connectivity index (χ0) is 21.4. The third-order valence-corrected chi connectivity index (χ3v) is 5.62. The SMILES string of the molecule is O=C1C=CC(=O)N1CCCCCCCCCC[C@]1(O)O[C@H](CO)[C@@H](O)[C@H](O)[C@H]1O. The largest absolute Gasteiger partial charge is 0.394 e. The lowest BCUT2D eigenvalue weighted by atomic mass is 9.89. The molecule has 0 aliphatic carbocycles. The van der Waals surface area contributed by atoms with Crippen molar-refractivity contribution in [1.82, 2.24) is 4.90 Å². The summed E-state index contributed by atoms with van der Waals surface area (Å²) in [5.74, 6) is -2.46. The van der Waals surface area contributed by atoms with E-state index >= 15 is 0 Å². The zero-order valence-corrected chi connectivity index (χ0v) is 16.7. The number of unbranched alkanes of at least 4 members (excludes halogenated alkanes) is 7. The number of imide groups is 1. The second-order valence-electron chi connectivity index (χ2n) is 7.85. The lowest BCUT2D eigenvalue weighted by molar-refractivity contribution is -0.351. The van der Waals surface area contributed by atoms with E-state index in [1.54, 1.807) is 0 Å².